The molecule has 0 amide bonds. The highest BCUT2D eigenvalue weighted by atomic mass is 16.5. The van der Waals surface area contributed by atoms with Gasteiger partial charge in [-0.3, -0.25) is 4.90 Å². The summed E-state index contributed by atoms with van der Waals surface area (Å²) in [6.07, 6.45) is 2.82. The van der Waals surface area contributed by atoms with Crippen LogP contribution in [0.1, 0.15) is 30.9 Å². The largest absolute Gasteiger partial charge is 0.496 e. The van der Waals surface area contributed by atoms with E-state index in [1.807, 2.05) is 0 Å². The van der Waals surface area contributed by atoms with E-state index < -0.39 is 0 Å². The Balaban J connectivity index is 2.02. The van der Waals surface area contributed by atoms with E-state index in [9.17, 15) is 0 Å². The first-order valence-corrected chi connectivity index (χ1v) is 6.85. The number of hydrogen-bond acceptors (Lipinski definition) is 3. The highest BCUT2D eigenvalue weighted by Crippen LogP contribution is 2.30. The molecule has 0 spiro atoms. The minimum atomic E-state index is 0.531. The van der Waals surface area contributed by atoms with Crippen LogP contribution in [0.15, 0.2) is 18.2 Å². The number of nitrogens with two attached hydrogens (primary N) is 1. The third kappa shape index (κ3) is 3.47. The third-order valence-electron chi connectivity index (χ3n) is 3.64. The summed E-state index contributed by atoms with van der Waals surface area (Å²) in [5.74, 6) is 1.85. The van der Waals surface area contributed by atoms with Gasteiger partial charge in [-0.25, -0.2) is 0 Å². The van der Waals surface area contributed by atoms with Gasteiger partial charge < -0.3 is 10.5 Å². The molecule has 2 rings (SSSR count). The summed E-state index contributed by atoms with van der Waals surface area (Å²) in [6.45, 7) is 6.11. The van der Waals surface area contributed by atoms with Gasteiger partial charge in [-0.1, -0.05) is 19.1 Å². The molecule has 2 N–H and O–H groups in total. The van der Waals surface area contributed by atoms with Gasteiger partial charge in [-0.2, -0.15) is 0 Å². The molecule has 0 bridgehead atoms. The van der Waals surface area contributed by atoms with Gasteiger partial charge in [0, 0.05) is 25.2 Å². The van der Waals surface area contributed by atoms with E-state index in [4.69, 9.17) is 10.5 Å². The zero-order chi connectivity index (χ0) is 13.0. The second-order valence-electron chi connectivity index (χ2n) is 5.12. The van der Waals surface area contributed by atoms with E-state index in [-0.39, 0.29) is 0 Å². The van der Waals surface area contributed by atoms with Crippen LogP contribution < -0.4 is 10.5 Å². The molecule has 3 nitrogen and oxygen atoms in total. The topological polar surface area (TPSA) is 38.5 Å². The van der Waals surface area contributed by atoms with E-state index in [0.717, 1.165) is 30.3 Å². The average molecular weight is 248 g/mol. The molecule has 1 aliphatic carbocycles. The van der Waals surface area contributed by atoms with Gasteiger partial charge >= 0.3 is 0 Å². The van der Waals surface area contributed by atoms with Crippen molar-refractivity contribution in [1.82, 2.24) is 4.90 Å². The maximum atomic E-state index is 5.69. The highest BCUT2D eigenvalue weighted by molar-refractivity contribution is 5.37. The highest BCUT2D eigenvalue weighted by Gasteiger charge is 2.23. The zero-order valence-corrected chi connectivity index (χ0v) is 11.5. The van der Waals surface area contributed by atoms with Crippen molar-refractivity contribution in [2.75, 3.05) is 20.2 Å². The van der Waals surface area contributed by atoms with E-state index in [1.54, 1.807) is 7.11 Å². The number of methoxy groups -OCH3 is 1. The van der Waals surface area contributed by atoms with Gasteiger partial charge in [0.1, 0.15) is 5.75 Å². The molecule has 1 saturated carbocycles. The molecule has 18 heavy (non-hydrogen) atoms. The number of rotatable bonds is 7. The van der Waals surface area contributed by atoms with Gasteiger partial charge in [-0.05, 0) is 36.9 Å². The Kier molecular flexibility index (Phi) is 4.61. The van der Waals surface area contributed by atoms with E-state index in [1.165, 1.54) is 24.9 Å². The predicted molar refractivity (Wildman–Crippen MR) is 74.6 cm³/mol. The first-order chi connectivity index (χ1) is 8.76. The Bertz CT molecular complexity index is 388. The lowest BCUT2D eigenvalue weighted by Gasteiger charge is -2.21. The molecule has 0 atom stereocenters. The summed E-state index contributed by atoms with van der Waals surface area (Å²) in [5.41, 5.74) is 8.07. The van der Waals surface area contributed by atoms with Crippen LogP contribution >= 0.6 is 0 Å². The Morgan fingerprint density at radius 3 is 2.72 bits per heavy atom. The maximum Gasteiger partial charge on any atom is 0.123 e. The van der Waals surface area contributed by atoms with Gasteiger partial charge in [0.25, 0.3) is 0 Å². The van der Waals surface area contributed by atoms with E-state index >= 15 is 0 Å². The fourth-order valence-electron chi connectivity index (χ4n) is 2.29. The summed E-state index contributed by atoms with van der Waals surface area (Å²) < 4.78 is 5.39. The lowest BCUT2D eigenvalue weighted by molar-refractivity contribution is 0.268. The fourth-order valence-corrected chi connectivity index (χ4v) is 2.29. The molecular weight excluding hydrogens is 224 g/mol. The van der Waals surface area contributed by atoms with Crippen LogP contribution in [0.3, 0.4) is 0 Å². The van der Waals surface area contributed by atoms with Crippen LogP contribution in [0.2, 0.25) is 0 Å². The normalized spacial score (nSPS) is 15.1. The number of benzene rings is 1. The summed E-state index contributed by atoms with van der Waals surface area (Å²) in [6, 6.07) is 6.37. The minimum absolute atomic E-state index is 0.531. The Morgan fingerprint density at radius 2 is 2.17 bits per heavy atom. The molecule has 100 valence electrons. The standard InChI is InChI=1S/C15H24N2O/c1-3-17(10-12-4-5-12)11-13-6-7-14(9-16)15(8-13)18-2/h6-8,12H,3-5,9-11,16H2,1-2H3. The summed E-state index contributed by atoms with van der Waals surface area (Å²) >= 11 is 0. The van der Waals surface area contributed by atoms with E-state index in [0.29, 0.717) is 6.54 Å². The van der Waals surface area contributed by atoms with Crippen molar-refractivity contribution < 1.29 is 4.74 Å². The Hall–Kier alpha value is -1.06. The molecular formula is C15H24N2O. The van der Waals surface area contributed by atoms with Crippen LogP contribution in [-0.2, 0) is 13.1 Å². The van der Waals surface area contributed by atoms with Crippen molar-refractivity contribution in [3.8, 4) is 5.75 Å². The van der Waals surface area contributed by atoms with Gasteiger partial charge in [-0.15, -0.1) is 0 Å². The molecule has 0 aromatic heterocycles. The Morgan fingerprint density at radius 1 is 1.39 bits per heavy atom. The molecule has 0 heterocycles. The smallest absolute Gasteiger partial charge is 0.123 e. The molecule has 1 aliphatic rings. The van der Waals surface area contributed by atoms with Crippen LogP contribution in [0.25, 0.3) is 0 Å². The van der Waals surface area contributed by atoms with Crippen molar-refractivity contribution in [1.29, 1.82) is 0 Å². The van der Waals surface area contributed by atoms with Crippen molar-refractivity contribution in [3.05, 3.63) is 29.3 Å². The molecule has 0 radical (unpaired) electrons. The lowest BCUT2D eigenvalue weighted by atomic mass is 10.1. The summed E-state index contributed by atoms with van der Waals surface area (Å²) in [5, 5.41) is 0. The SMILES string of the molecule is CCN(Cc1ccc(CN)c(OC)c1)CC1CC1. The fraction of sp³-hybridized carbons (Fsp3) is 0.600. The van der Waals surface area contributed by atoms with Crippen LogP contribution in [0.4, 0.5) is 0 Å². The van der Waals surface area contributed by atoms with Crippen molar-refractivity contribution in [3.63, 3.8) is 0 Å². The van der Waals surface area contributed by atoms with E-state index in [2.05, 4.69) is 30.0 Å². The molecule has 0 saturated heterocycles. The number of hydrogen-bond donors (Lipinski definition) is 1. The number of nitrogens with zero attached hydrogens (tertiary/aromatic N) is 1. The lowest BCUT2D eigenvalue weighted by Crippen LogP contribution is -2.25. The molecule has 0 unspecified atom stereocenters. The minimum Gasteiger partial charge on any atom is -0.496 e. The second-order valence-corrected chi connectivity index (χ2v) is 5.12. The average Bonchev–Trinajstić information content (AvgIpc) is 3.21. The quantitative estimate of drug-likeness (QED) is 0.805. The molecule has 1 fully saturated rings. The molecule has 3 heteroatoms. The molecule has 1 aromatic rings. The zero-order valence-electron chi connectivity index (χ0n) is 11.5. The summed E-state index contributed by atoms with van der Waals surface area (Å²) in [7, 11) is 1.71. The first kappa shape index (κ1) is 13.4. The maximum absolute atomic E-state index is 5.69. The van der Waals surface area contributed by atoms with Crippen molar-refractivity contribution in [2.45, 2.75) is 32.9 Å². The van der Waals surface area contributed by atoms with Crippen molar-refractivity contribution >= 4 is 0 Å². The van der Waals surface area contributed by atoms with Crippen LogP contribution in [0, 0.1) is 5.92 Å². The Labute approximate surface area is 110 Å². The van der Waals surface area contributed by atoms with Gasteiger partial charge in [0.15, 0.2) is 0 Å². The molecule has 0 aliphatic heterocycles. The number of ether oxygens (including phenoxy) is 1. The summed E-state index contributed by atoms with van der Waals surface area (Å²) in [4.78, 5) is 2.51. The van der Waals surface area contributed by atoms with Crippen LogP contribution in [-0.4, -0.2) is 25.1 Å². The van der Waals surface area contributed by atoms with Gasteiger partial charge in [0.2, 0.25) is 0 Å². The third-order valence-corrected chi connectivity index (χ3v) is 3.64. The first-order valence-electron chi connectivity index (χ1n) is 6.85. The van der Waals surface area contributed by atoms with Gasteiger partial charge in [0.05, 0.1) is 7.11 Å². The predicted octanol–water partition coefficient (Wildman–Crippen LogP) is 2.39. The second kappa shape index (κ2) is 6.21. The molecule has 1 aromatic carbocycles. The van der Waals surface area contributed by atoms with Crippen LogP contribution in [0.5, 0.6) is 5.75 Å². The monoisotopic (exact) mass is 248 g/mol. The van der Waals surface area contributed by atoms with Crippen molar-refractivity contribution in [2.24, 2.45) is 11.7 Å².